The van der Waals surface area contributed by atoms with Gasteiger partial charge in [-0.05, 0) is 17.9 Å². The SMILES string of the molecule is Cc1coc(F)c1C(C)(C)C. The number of furan rings is 1. The van der Waals surface area contributed by atoms with Crippen molar-refractivity contribution >= 4 is 0 Å². The Balaban J connectivity index is 3.21. The molecule has 62 valence electrons. The predicted molar refractivity (Wildman–Crippen MR) is 42.1 cm³/mol. The molecular weight excluding hydrogens is 143 g/mol. The second-order valence-corrected chi connectivity index (χ2v) is 3.82. The first-order chi connectivity index (χ1) is 4.93. The first kappa shape index (κ1) is 8.31. The molecule has 1 aromatic rings. The molecule has 2 heteroatoms. The lowest BCUT2D eigenvalue weighted by Crippen LogP contribution is -2.13. The number of aryl methyl sites for hydroxylation is 1. The summed E-state index contributed by atoms with van der Waals surface area (Å²) in [5.41, 5.74) is 1.40. The summed E-state index contributed by atoms with van der Waals surface area (Å²) in [6.07, 6.45) is 1.45. The normalized spacial score (nSPS) is 12.1. The van der Waals surface area contributed by atoms with Crippen molar-refractivity contribution < 1.29 is 8.81 Å². The Bertz CT molecular complexity index is 236. The van der Waals surface area contributed by atoms with Crippen LogP contribution in [-0.4, -0.2) is 0 Å². The zero-order valence-electron chi connectivity index (χ0n) is 7.36. The Kier molecular flexibility index (Phi) is 1.78. The summed E-state index contributed by atoms with van der Waals surface area (Å²) in [5, 5.41) is 0. The average molecular weight is 156 g/mol. The van der Waals surface area contributed by atoms with Crippen molar-refractivity contribution in [1.82, 2.24) is 0 Å². The van der Waals surface area contributed by atoms with E-state index in [4.69, 9.17) is 0 Å². The molecule has 0 bridgehead atoms. The second-order valence-electron chi connectivity index (χ2n) is 3.82. The molecule has 0 unspecified atom stereocenters. The smallest absolute Gasteiger partial charge is 0.281 e. The van der Waals surface area contributed by atoms with Gasteiger partial charge in [-0.3, -0.25) is 0 Å². The van der Waals surface area contributed by atoms with Gasteiger partial charge in [-0.25, -0.2) is 0 Å². The van der Waals surface area contributed by atoms with E-state index in [0.29, 0.717) is 5.56 Å². The van der Waals surface area contributed by atoms with Gasteiger partial charge in [-0.2, -0.15) is 4.39 Å². The van der Waals surface area contributed by atoms with Crippen molar-refractivity contribution in [2.45, 2.75) is 33.1 Å². The Hall–Kier alpha value is -0.790. The van der Waals surface area contributed by atoms with E-state index >= 15 is 0 Å². The minimum absolute atomic E-state index is 0.166. The van der Waals surface area contributed by atoms with Gasteiger partial charge in [0.15, 0.2) is 0 Å². The highest BCUT2D eigenvalue weighted by Gasteiger charge is 2.23. The predicted octanol–water partition coefficient (Wildman–Crippen LogP) is 3.02. The highest BCUT2D eigenvalue weighted by Crippen LogP contribution is 2.28. The number of hydrogen-bond donors (Lipinski definition) is 0. The molecule has 0 aromatic carbocycles. The quantitative estimate of drug-likeness (QED) is 0.562. The van der Waals surface area contributed by atoms with Crippen LogP contribution in [0.4, 0.5) is 4.39 Å². The van der Waals surface area contributed by atoms with Gasteiger partial charge in [0.25, 0.3) is 6.01 Å². The van der Waals surface area contributed by atoms with Crippen LogP contribution in [0.1, 0.15) is 31.9 Å². The molecule has 1 heterocycles. The number of hydrogen-bond acceptors (Lipinski definition) is 1. The van der Waals surface area contributed by atoms with Gasteiger partial charge >= 0.3 is 0 Å². The van der Waals surface area contributed by atoms with Gasteiger partial charge in [0.05, 0.1) is 6.26 Å². The zero-order valence-corrected chi connectivity index (χ0v) is 7.36. The van der Waals surface area contributed by atoms with Gasteiger partial charge in [0.1, 0.15) is 0 Å². The van der Waals surface area contributed by atoms with E-state index in [9.17, 15) is 4.39 Å². The van der Waals surface area contributed by atoms with Crippen LogP contribution in [0.15, 0.2) is 10.7 Å². The Morgan fingerprint density at radius 3 is 2.09 bits per heavy atom. The molecule has 0 aliphatic rings. The lowest BCUT2D eigenvalue weighted by Gasteiger charge is -2.16. The molecule has 0 aliphatic heterocycles. The van der Waals surface area contributed by atoms with E-state index in [1.54, 1.807) is 0 Å². The molecule has 0 aliphatic carbocycles. The monoisotopic (exact) mass is 156 g/mol. The van der Waals surface area contributed by atoms with E-state index in [-0.39, 0.29) is 5.41 Å². The summed E-state index contributed by atoms with van der Waals surface area (Å²) >= 11 is 0. The van der Waals surface area contributed by atoms with Crippen LogP contribution in [0, 0.1) is 12.9 Å². The van der Waals surface area contributed by atoms with E-state index in [1.807, 2.05) is 27.7 Å². The van der Waals surface area contributed by atoms with E-state index in [1.165, 1.54) is 6.26 Å². The first-order valence-electron chi connectivity index (χ1n) is 3.67. The fourth-order valence-electron chi connectivity index (χ4n) is 1.30. The minimum Gasteiger partial charge on any atom is -0.439 e. The molecular formula is C9H13FO. The van der Waals surface area contributed by atoms with Crippen LogP contribution in [-0.2, 0) is 5.41 Å². The van der Waals surface area contributed by atoms with Crippen LogP contribution in [0.25, 0.3) is 0 Å². The Morgan fingerprint density at radius 2 is 1.91 bits per heavy atom. The fourth-order valence-corrected chi connectivity index (χ4v) is 1.30. The van der Waals surface area contributed by atoms with Crippen LogP contribution in [0.3, 0.4) is 0 Å². The molecule has 1 nitrogen and oxygen atoms in total. The molecule has 0 radical (unpaired) electrons. The van der Waals surface area contributed by atoms with Crippen molar-refractivity contribution in [2.24, 2.45) is 0 Å². The molecule has 0 spiro atoms. The zero-order chi connectivity index (χ0) is 8.65. The molecule has 0 fully saturated rings. The van der Waals surface area contributed by atoms with Gasteiger partial charge in [-0.1, -0.05) is 20.8 Å². The molecule has 11 heavy (non-hydrogen) atoms. The molecule has 1 aromatic heterocycles. The fraction of sp³-hybridized carbons (Fsp3) is 0.556. The highest BCUT2D eigenvalue weighted by atomic mass is 19.1. The van der Waals surface area contributed by atoms with Gasteiger partial charge < -0.3 is 4.42 Å². The summed E-state index contributed by atoms with van der Waals surface area (Å²) in [6.45, 7) is 7.75. The summed E-state index contributed by atoms with van der Waals surface area (Å²) in [7, 11) is 0. The molecule has 0 saturated carbocycles. The lowest BCUT2D eigenvalue weighted by molar-refractivity contribution is 0.340. The molecule has 0 N–H and O–H groups in total. The molecule has 0 amide bonds. The highest BCUT2D eigenvalue weighted by molar-refractivity contribution is 5.27. The number of rotatable bonds is 0. The molecule has 0 atom stereocenters. The third kappa shape index (κ3) is 1.44. The van der Waals surface area contributed by atoms with E-state index < -0.39 is 6.01 Å². The van der Waals surface area contributed by atoms with Crippen LogP contribution < -0.4 is 0 Å². The van der Waals surface area contributed by atoms with Crippen molar-refractivity contribution in [3.63, 3.8) is 0 Å². The van der Waals surface area contributed by atoms with Crippen LogP contribution >= 0.6 is 0 Å². The van der Waals surface area contributed by atoms with Crippen molar-refractivity contribution in [3.05, 3.63) is 23.4 Å². The standard InChI is InChI=1S/C9H13FO/c1-6-5-11-8(10)7(6)9(2,3)4/h5H,1-4H3. The van der Waals surface area contributed by atoms with Crippen molar-refractivity contribution in [2.75, 3.05) is 0 Å². The minimum atomic E-state index is -0.449. The summed E-state index contributed by atoms with van der Waals surface area (Å²) in [6, 6.07) is -0.449. The van der Waals surface area contributed by atoms with E-state index in [2.05, 4.69) is 4.42 Å². The third-order valence-electron chi connectivity index (χ3n) is 1.68. The van der Waals surface area contributed by atoms with Crippen LogP contribution in [0.2, 0.25) is 0 Å². The average Bonchev–Trinajstić information content (AvgIpc) is 2.08. The van der Waals surface area contributed by atoms with Gasteiger partial charge in [0.2, 0.25) is 0 Å². The maximum Gasteiger partial charge on any atom is 0.281 e. The second kappa shape index (κ2) is 2.36. The Labute approximate surface area is 66.2 Å². The molecule has 0 saturated heterocycles. The van der Waals surface area contributed by atoms with E-state index in [0.717, 1.165) is 5.56 Å². The van der Waals surface area contributed by atoms with Crippen molar-refractivity contribution in [3.8, 4) is 0 Å². The summed E-state index contributed by atoms with van der Waals surface area (Å²) < 4.78 is 17.6. The largest absolute Gasteiger partial charge is 0.439 e. The molecule has 1 rings (SSSR count). The lowest BCUT2D eigenvalue weighted by atomic mass is 9.86. The van der Waals surface area contributed by atoms with Crippen LogP contribution in [0.5, 0.6) is 0 Å². The first-order valence-corrected chi connectivity index (χ1v) is 3.67. The number of halogens is 1. The third-order valence-corrected chi connectivity index (χ3v) is 1.68. The maximum atomic E-state index is 12.9. The summed E-state index contributed by atoms with van der Waals surface area (Å²) in [4.78, 5) is 0. The maximum absolute atomic E-state index is 12.9. The van der Waals surface area contributed by atoms with Crippen molar-refractivity contribution in [1.29, 1.82) is 0 Å². The van der Waals surface area contributed by atoms with Gasteiger partial charge in [0, 0.05) is 5.56 Å². The van der Waals surface area contributed by atoms with Gasteiger partial charge in [-0.15, -0.1) is 0 Å². The Morgan fingerprint density at radius 1 is 1.36 bits per heavy atom. The topological polar surface area (TPSA) is 13.1 Å². The summed E-state index contributed by atoms with van der Waals surface area (Å²) in [5.74, 6) is 0.